The van der Waals surface area contributed by atoms with Crippen molar-refractivity contribution in [1.82, 2.24) is 0 Å². The van der Waals surface area contributed by atoms with Crippen molar-refractivity contribution in [2.24, 2.45) is 0 Å². The lowest BCUT2D eigenvalue weighted by Crippen LogP contribution is -2.04. The Morgan fingerprint density at radius 3 is 2.48 bits per heavy atom. The highest BCUT2D eigenvalue weighted by Gasteiger charge is 2.06. The van der Waals surface area contributed by atoms with Gasteiger partial charge < -0.3 is 4.74 Å². The predicted octanol–water partition coefficient (Wildman–Crippen LogP) is 4.32. The predicted molar refractivity (Wildman–Crippen MR) is 76.6 cm³/mol. The lowest BCUT2D eigenvalue weighted by molar-refractivity contribution is 0.0973. The quantitative estimate of drug-likeness (QED) is 0.585. The maximum atomic E-state index is 13.3. The number of ether oxygens (including phenoxy) is 1. The minimum Gasteiger partial charge on any atom is -0.493 e. The van der Waals surface area contributed by atoms with E-state index in [1.165, 1.54) is 30.3 Å². The van der Waals surface area contributed by atoms with Crippen LogP contribution in [0.3, 0.4) is 0 Å². The molecule has 0 aliphatic rings. The molecule has 0 amide bonds. The van der Waals surface area contributed by atoms with Crippen molar-refractivity contribution in [1.29, 1.82) is 0 Å². The minimum atomic E-state index is -0.365. The first kappa shape index (κ1) is 15.2. The molecule has 0 bridgehead atoms. The number of Topliss-reactive ketones (excluding diaryl/α,β-unsaturated/α-hetero) is 1. The van der Waals surface area contributed by atoms with Gasteiger partial charge in [-0.05, 0) is 49.2 Å². The first-order valence-electron chi connectivity index (χ1n) is 6.74. The Bertz CT molecular complexity index is 621. The Labute approximate surface area is 122 Å². The summed E-state index contributed by atoms with van der Waals surface area (Å²) < 4.78 is 31.4. The number of benzene rings is 2. The van der Waals surface area contributed by atoms with Crippen LogP contribution in [-0.2, 0) is 0 Å². The molecule has 0 saturated heterocycles. The summed E-state index contributed by atoms with van der Waals surface area (Å²) in [6.07, 6.45) is 0.825. The van der Waals surface area contributed by atoms with Crippen LogP contribution in [0.4, 0.5) is 8.78 Å². The molecule has 0 heterocycles. The zero-order chi connectivity index (χ0) is 15.2. The standard InChI is InChI=1S/C17H16F2O2/c1-12-4-9-15(11-16(12)19)21-10-2-3-17(20)13-5-7-14(18)8-6-13/h4-9,11H,2-3,10H2,1H3. The van der Waals surface area contributed by atoms with Gasteiger partial charge in [0.2, 0.25) is 0 Å². The number of rotatable bonds is 6. The third kappa shape index (κ3) is 4.38. The van der Waals surface area contributed by atoms with Crippen LogP contribution in [0, 0.1) is 18.6 Å². The number of ketones is 1. The zero-order valence-electron chi connectivity index (χ0n) is 11.7. The number of aryl methyl sites for hydroxylation is 1. The SMILES string of the molecule is Cc1ccc(OCCCC(=O)c2ccc(F)cc2)cc1F. The average Bonchev–Trinajstić information content (AvgIpc) is 2.47. The molecule has 2 aromatic carbocycles. The van der Waals surface area contributed by atoms with E-state index >= 15 is 0 Å². The van der Waals surface area contributed by atoms with Gasteiger partial charge in [0.1, 0.15) is 17.4 Å². The van der Waals surface area contributed by atoms with Crippen molar-refractivity contribution in [2.75, 3.05) is 6.61 Å². The topological polar surface area (TPSA) is 26.3 Å². The van der Waals surface area contributed by atoms with Crippen LogP contribution < -0.4 is 4.74 Å². The summed E-state index contributed by atoms with van der Waals surface area (Å²) in [5, 5.41) is 0. The third-order valence-corrected chi connectivity index (χ3v) is 3.13. The molecular formula is C17H16F2O2. The van der Waals surface area contributed by atoms with Crippen LogP contribution >= 0.6 is 0 Å². The van der Waals surface area contributed by atoms with Crippen molar-refractivity contribution in [3.63, 3.8) is 0 Å². The lowest BCUT2D eigenvalue weighted by Gasteiger charge is -2.07. The van der Waals surface area contributed by atoms with Gasteiger partial charge in [0.25, 0.3) is 0 Å². The Hall–Kier alpha value is -2.23. The fraction of sp³-hybridized carbons (Fsp3) is 0.235. The van der Waals surface area contributed by atoms with Crippen LogP contribution in [-0.4, -0.2) is 12.4 Å². The molecule has 110 valence electrons. The number of hydrogen-bond donors (Lipinski definition) is 0. The third-order valence-electron chi connectivity index (χ3n) is 3.13. The number of carbonyl (C=O) groups excluding carboxylic acids is 1. The second-order valence-corrected chi connectivity index (χ2v) is 4.79. The molecule has 0 unspecified atom stereocenters. The van der Waals surface area contributed by atoms with Crippen molar-refractivity contribution in [3.8, 4) is 5.75 Å². The molecule has 0 spiro atoms. The van der Waals surface area contributed by atoms with E-state index in [1.807, 2.05) is 0 Å². The lowest BCUT2D eigenvalue weighted by atomic mass is 10.1. The van der Waals surface area contributed by atoms with Gasteiger partial charge in [0.15, 0.2) is 5.78 Å². The van der Waals surface area contributed by atoms with Crippen LogP contribution in [0.25, 0.3) is 0 Å². The number of halogens is 2. The van der Waals surface area contributed by atoms with Crippen molar-refractivity contribution in [3.05, 3.63) is 65.2 Å². The molecular weight excluding hydrogens is 274 g/mol. The maximum absolute atomic E-state index is 13.3. The van der Waals surface area contributed by atoms with Gasteiger partial charge in [-0.3, -0.25) is 4.79 Å². The molecule has 0 atom stereocenters. The van der Waals surface area contributed by atoms with Crippen molar-refractivity contribution in [2.45, 2.75) is 19.8 Å². The van der Waals surface area contributed by atoms with E-state index in [0.29, 0.717) is 36.3 Å². The summed E-state index contributed by atoms with van der Waals surface area (Å²) in [7, 11) is 0. The van der Waals surface area contributed by atoms with Gasteiger partial charge in [-0.25, -0.2) is 8.78 Å². The Balaban J connectivity index is 1.77. The van der Waals surface area contributed by atoms with Gasteiger partial charge in [-0.1, -0.05) is 6.07 Å². The molecule has 0 aromatic heterocycles. The Kier molecular flexibility index (Phi) is 5.04. The van der Waals surface area contributed by atoms with Crippen molar-refractivity contribution >= 4 is 5.78 Å². The van der Waals surface area contributed by atoms with Gasteiger partial charge in [0, 0.05) is 18.1 Å². The molecule has 4 heteroatoms. The molecule has 0 aliphatic carbocycles. The Morgan fingerprint density at radius 2 is 1.81 bits per heavy atom. The zero-order valence-corrected chi connectivity index (χ0v) is 11.7. The molecule has 2 rings (SSSR count). The van der Waals surface area contributed by atoms with Crippen molar-refractivity contribution < 1.29 is 18.3 Å². The van der Waals surface area contributed by atoms with Crippen LogP contribution in [0.2, 0.25) is 0 Å². The van der Waals surface area contributed by atoms with Gasteiger partial charge in [-0.15, -0.1) is 0 Å². The molecule has 2 nitrogen and oxygen atoms in total. The van der Waals surface area contributed by atoms with Crippen LogP contribution in [0.15, 0.2) is 42.5 Å². The second kappa shape index (κ2) is 6.97. The molecule has 0 radical (unpaired) electrons. The van der Waals surface area contributed by atoms with Gasteiger partial charge >= 0.3 is 0 Å². The van der Waals surface area contributed by atoms with Gasteiger partial charge in [0.05, 0.1) is 6.61 Å². The molecule has 21 heavy (non-hydrogen) atoms. The summed E-state index contributed by atoms with van der Waals surface area (Å²) in [5.41, 5.74) is 1.05. The van der Waals surface area contributed by atoms with E-state index in [1.54, 1.807) is 19.1 Å². The van der Waals surface area contributed by atoms with E-state index in [2.05, 4.69) is 0 Å². The fourth-order valence-electron chi connectivity index (χ4n) is 1.87. The summed E-state index contributed by atoms with van der Waals surface area (Å²) in [6, 6.07) is 10.1. The summed E-state index contributed by atoms with van der Waals surface area (Å²) in [6.45, 7) is 2.01. The number of hydrogen-bond acceptors (Lipinski definition) is 2. The van der Waals surface area contributed by atoms with Gasteiger partial charge in [-0.2, -0.15) is 0 Å². The largest absolute Gasteiger partial charge is 0.493 e. The molecule has 0 saturated carbocycles. The summed E-state index contributed by atoms with van der Waals surface area (Å²) >= 11 is 0. The van der Waals surface area contributed by atoms with E-state index in [4.69, 9.17) is 4.74 Å². The van der Waals surface area contributed by atoms with E-state index in [0.717, 1.165) is 0 Å². The Morgan fingerprint density at radius 1 is 1.10 bits per heavy atom. The highest BCUT2D eigenvalue weighted by Crippen LogP contribution is 2.16. The van der Waals surface area contributed by atoms with Crippen LogP contribution in [0.5, 0.6) is 5.75 Å². The first-order valence-corrected chi connectivity index (χ1v) is 6.74. The summed E-state index contributed by atoms with van der Waals surface area (Å²) in [4.78, 5) is 11.8. The average molecular weight is 290 g/mol. The maximum Gasteiger partial charge on any atom is 0.163 e. The second-order valence-electron chi connectivity index (χ2n) is 4.79. The number of carbonyl (C=O) groups is 1. The molecule has 0 aliphatic heterocycles. The highest BCUT2D eigenvalue weighted by molar-refractivity contribution is 5.95. The van der Waals surface area contributed by atoms with E-state index in [-0.39, 0.29) is 17.4 Å². The first-order chi connectivity index (χ1) is 10.1. The minimum absolute atomic E-state index is 0.0614. The monoisotopic (exact) mass is 290 g/mol. The molecule has 0 fully saturated rings. The fourth-order valence-corrected chi connectivity index (χ4v) is 1.87. The van der Waals surface area contributed by atoms with E-state index < -0.39 is 0 Å². The summed E-state index contributed by atoms with van der Waals surface area (Å²) in [5.74, 6) is -0.285. The smallest absolute Gasteiger partial charge is 0.163 e. The molecule has 2 aromatic rings. The van der Waals surface area contributed by atoms with E-state index in [9.17, 15) is 13.6 Å². The van der Waals surface area contributed by atoms with Crippen LogP contribution in [0.1, 0.15) is 28.8 Å². The highest BCUT2D eigenvalue weighted by atomic mass is 19.1. The molecule has 0 N–H and O–H groups in total. The normalized spacial score (nSPS) is 10.4.